The van der Waals surface area contributed by atoms with Crippen molar-refractivity contribution in [3.63, 3.8) is 0 Å². The van der Waals surface area contributed by atoms with Gasteiger partial charge in [0.1, 0.15) is 11.6 Å². The average Bonchev–Trinajstić information content (AvgIpc) is 2.74. The number of likely N-dealkylation sites (N-methyl/N-ethyl adjacent to an activating group) is 1. The van der Waals surface area contributed by atoms with Crippen LogP contribution < -0.4 is 15.5 Å². The van der Waals surface area contributed by atoms with Gasteiger partial charge in [0.05, 0.1) is 0 Å². The lowest BCUT2D eigenvalue weighted by atomic mass is 10.2. The van der Waals surface area contributed by atoms with Gasteiger partial charge in [-0.05, 0) is 42.9 Å². The van der Waals surface area contributed by atoms with E-state index in [1.54, 1.807) is 18.5 Å². The molecular weight excluding hydrogens is 352 g/mol. The number of nitriles is 1. The minimum absolute atomic E-state index is 0.0204. The smallest absolute Gasteiger partial charge is 0.263 e. The van der Waals surface area contributed by atoms with Crippen LogP contribution in [0.15, 0.2) is 60.6 Å². The third kappa shape index (κ3) is 5.32. The molecule has 2 aromatic rings. The summed E-state index contributed by atoms with van der Waals surface area (Å²) in [7, 11) is 2.14. The fourth-order valence-electron chi connectivity index (χ4n) is 2.92. The summed E-state index contributed by atoms with van der Waals surface area (Å²) in [5.41, 5.74) is 2.90. The lowest BCUT2D eigenvalue weighted by Crippen LogP contribution is -2.44. The van der Waals surface area contributed by atoms with Crippen molar-refractivity contribution in [3.8, 4) is 6.07 Å². The Hall–Kier alpha value is -3.37. The van der Waals surface area contributed by atoms with E-state index in [4.69, 9.17) is 0 Å². The molecule has 144 valence electrons. The van der Waals surface area contributed by atoms with Crippen LogP contribution in [0, 0.1) is 11.3 Å². The Morgan fingerprint density at radius 3 is 2.61 bits per heavy atom. The molecule has 1 aliphatic rings. The highest BCUT2D eigenvalue weighted by atomic mass is 16.1. The predicted octanol–water partition coefficient (Wildman–Crippen LogP) is 1.97. The Morgan fingerprint density at radius 2 is 1.96 bits per heavy atom. The quantitative estimate of drug-likeness (QED) is 0.592. The molecule has 0 atom stereocenters. The fraction of sp³-hybridized carbons (Fsp3) is 0.286. The summed E-state index contributed by atoms with van der Waals surface area (Å²) in [6.07, 6.45) is 4.78. The van der Waals surface area contributed by atoms with E-state index in [1.165, 1.54) is 11.9 Å². The van der Waals surface area contributed by atoms with Gasteiger partial charge in [-0.15, -0.1) is 0 Å². The van der Waals surface area contributed by atoms with Crippen LogP contribution in [-0.2, 0) is 11.3 Å². The molecule has 1 saturated heterocycles. The Morgan fingerprint density at radius 1 is 1.21 bits per heavy atom. The number of nitrogens with one attached hydrogen (secondary N) is 2. The van der Waals surface area contributed by atoms with E-state index in [9.17, 15) is 10.1 Å². The van der Waals surface area contributed by atoms with E-state index in [1.807, 2.05) is 24.3 Å². The molecular formula is C21H24N6O. The van der Waals surface area contributed by atoms with E-state index in [2.05, 4.69) is 44.6 Å². The van der Waals surface area contributed by atoms with Gasteiger partial charge in [-0.3, -0.25) is 9.78 Å². The normalized spacial score (nSPS) is 15.0. The average molecular weight is 376 g/mol. The van der Waals surface area contributed by atoms with Gasteiger partial charge >= 0.3 is 0 Å². The summed E-state index contributed by atoms with van der Waals surface area (Å²) in [5, 5.41) is 15.0. The van der Waals surface area contributed by atoms with Crippen molar-refractivity contribution in [3.05, 3.63) is 66.1 Å². The van der Waals surface area contributed by atoms with Gasteiger partial charge in [0.25, 0.3) is 5.91 Å². The van der Waals surface area contributed by atoms with Crippen LogP contribution in [0.1, 0.15) is 5.56 Å². The topological polar surface area (TPSA) is 84.3 Å². The van der Waals surface area contributed by atoms with E-state index in [0.29, 0.717) is 6.54 Å². The number of hydrogen-bond donors (Lipinski definition) is 2. The van der Waals surface area contributed by atoms with Crippen molar-refractivity contribution >= 4 is 17.3 Å². The van der Waals surface area contributed by atoms with Gasteiger partial charge in [0.2, 0.25) is 0 Å². The molecule has 3 rings (SSSR count). The van der Waals surface area contributed by atoms with Gasteiger partial charge < -0.3 is 20.4 Å². The van der Waals surface area contributed by atoms with Crippen molar-refractivity contribution in [1.29, 1.82) is 5.26 Å². The zero-order valence-corrected chi connectivity index (χ0v) is 15.9. The minimum atomic E-state index is -0.423. The standard InChI is InChI=1S/C21H24N6O/c1-26-9-11-27(12-10-26)20-6-4-19(5-7-20)24-16-18(13-22)21(28)25-15-17-3-2-8-23-14-17/h2-8,14,16,24H,9-12,15H2,1H3,(H,25,28)/b18-16-. The number of pyridine rings is 1. The maximum Gasteiger partial charge on any atom is 0.263 e. The largest absolute Gasteiger partial charge is 0.369 e. The third-order valence-corrected chi connectivity index (χ3v) is 4.66. The van der Waals surface area contributed by atoms with Crippen molar-refractivity contribution in [2.24, 2.45) is 0 Å². The number of nitrogens with zero attached hydrogens (tertiary/aromatic N) is 4. The third-order valence-electron chi connectivity index (χ3n) is 4.66. The lowest BCUT2D eigenvalue weighted by molar-refractivity contribution is -0.117. The number of rotatable bonds is 6. The lowest BCUT2D eigenvalue weighted by Gasteiger charge is -2.34. The maximum absolute atomic E-state index is 12.2. The summed E-state index contributed by atoms with van der Waals surface area (Å²) in [6, 6.07) is 13.6. The van der Waals surface area contributed by atoms with Crippen molar-refractivity contribution in [1.82, 2.24) is 15.2 Å². The highest BCUT2D eigenvalue weighted by Crippen LogP contribution is 2.19. The SMILES string of the molecule is CN1CCN(c2ccc(N/C=C(/C#N)C(=O)NCc3cccnc3)cc2)CC1. The molecule has 1 aromatic carbocycles. The van der Waals surface area contributed by atoms with E-state index >= 15 is 0 Å². The number of carbonyl (C=O) groups is 1. The number of carbonyl (C=O) groups excluding carboxylic acids is 1. The Balaban J connectivity index is 1.55. The van der Waals surface area contributed by atoms with Crippen molar-refractivity contribution in [2.75, 3.05) is 43.4 Å². The van der Waals surface area contributed by atoms with Crippen LogP contribution in [-0.4, -0.2) is 49.0 Å². The summed E-state index contributed by atoms with van der Waals surface area (Å²) in [5.74, 6) is -0.423. The molecule has 7 heteroatoms. The fourth-order valence-corrected chi connectivity index (χ4v) is 2.92. The first kappa shape index (κ1) is 19.4. The predicted molar refractivity (Wildman–Crippen MR) is 110 cm³/mol. The van der Waals surface area contributed by atoms with Crippen molar-refractivity contribution < 1.29 is 4.79 Å². The second kappa shape index (κ2) is 9.53. The van der Waals surface area contributed by atoms with Crippen LogP contribution in [0.2, 0.25) is 0 Å². The molecule has 0 spiro atoms. The summed E-state index contributed by atoms with van der Waals surface area (Å²) >= 11 is 0. The Bertz CT molecular complexity index is 849. The summed E-state index contributed by atoms with van der Waals surface area (Å²) in [6.45, 7) is 4.47. The van der Waals surface area contributed by atoms with Gasteiger partial charge in [0.15, 0.2) is 0 Å². The molecule has 2 N–H and O–H groups in total. The van der Waals surface area contributed by atoms with E-state index in [0.717, 1.165) is 37.4 Å². The number of aromatic nitrogens is 1. The molecule has 0 aliphatic carbocycles. The van der Waals surface area contributed by atoms with Crippen LogP contribution in [0.5, 0.6) is 0 Å². The number of anilines is 2. The summed E-state index contributed by atoms with van der Waals surface area (Å²) < 4.78 is 0. The zero-order valence-electron chi connectivity index (χ0n) is 15.9. The Kier molecular flexibility index (Phi) is 6.60. The van der Waals surface area contributed by atoms with Crippen LogP contribution in [0.4, 0.5) is 11.4 Å². The first-order chi connectivity index (χ1) is 13.7. The van der Waals surface area contributed by atoms with Gasteiger partial charge in [-0.2, -0.15) is 5.26 Å². The molecule has 0 radical (unpaired) electrons. The number of piperazine rings is 1. The molecule has 7 nitrogen and oxygen atoms in total. The molecule has 28 heavy (non-hydrogen) atoms. The second-order valence-corrected chi connectivity index (χ2v) is 6.70. The number of amides is 1. The van der Waals surface area contributed by atoms with E-state index < -0.39 is 5.91 Å². The summed E-state index contributed by atoms with van der Waals surface area (Å²) in [4.78, 5) is 20.9. The highest BCUT2D eigenvalue weighted by Gasteiger charge is 2.14. The van der Waals surface area contributed by atoms with E-state index in [-0.39, 0.29) is 5.57 Å². The van der Waals surface area contributed by atoms with Gasteiger partial charge in [-0.25, -0.2) is 0 Å². The molecule has 1 aliphatic heterocycles. The van der Waals surface area contributed by atoms with Crippen LogP contribution in [0.25, 0.3) is 0 Å². The first-order valence-electron chi connectivity index (χ1n) is 9.23. The minimum Gasteiger partial charge on any atom is -0.369 e. The van der Waals surface area contributed by atoms with Crippen molar-refractivity contribution in [2.45, 2.75) is 6.54 Å². The van der Waals surface area contributed by atoms with Gasteiger partial charge in [-0.1, -0.05) is 6.07 Å². The Labute approximate surface area is 165 Å². The second-order valence-electron chi connectivity index (χ2n) is 6.70. The van der Waals surface area contributed by atoms with Gasteiger partial charge in [0, 0.05) is 62.7 Å². The molecule has 1 fully saturated rings. The number of hydrogen-bond acceptors (Lipinski definition) is 6. The molecule has 0 bridgehead atoms. The van der Waals surface area contributed by atoms with Crippen LogP contribution in [0.3, 0.4) is 0 Å². The molecule has 1 amide bonds. The number of benzene rings is 1. The molecule has 0 saturated carbocycles. The highest BCUT2D eigenvalue weighted by molar-refractivity contribution is 5.97. The maximum atomic E-state index is 12.2. The zero-order chi connectivity index (χ0) is 19.8. The molecule has 1 aromatic heterocycles. The van der Waals surface area contributed by atoms with Crippen LogP contribution >= 0.6 is 0 Å². The molecule has 0 unspecified atom stereocenters. The monoisotopic (exact) mass is 376 g/mol. The molecule has 2 heterocycles. The first-order valence-corrected chi connectivity index (χ1v) is 9.23.